The Bertz CT molecular complexity index is 799. The fourth-order valence-corrected chi connectivity index (χ4v) is 2.52. The van der Waals surface area contributed by atoms with Crippen LogP contribution in [0.3, 0.4) is 0 Å². The SMILES string of the molecule is COCCOC(=O)c1c(C)[nH]c(C(=O)Nc2cc(C(C)(C)C)[nH]n2)c1C. The monoisotopic (exact) mass is 362 g/mol. The minimum atomic E-state index is -0.484. The van der Waals surface area contributed by atoms with E-state index in [9.17, 15) is 9.59 Å². The zero-order valence-corrected chi connectivity index (χ0v) is 16.1. The van der Waals surface area contributed by atoms with Gasteiger partial charge in [0.15, 0.2) is 5.82 Å². The van der Waals surface area contributed by atoms with Crippen molar-refractivity contribution < 1.29 is 19.1 Å². The van der Waals surface area contributed by atoms with E-state index in [1.54, 1.807) is 19.9 Å². The molecule has 0 fully saturated rings. The third kappa shape index (κ3) is 4.32. The number of aromatic nitrogens is 3. The number of methoxy groups -OCH3 is 1. The average molecular weight is 362 g/mol. The van der Waals surface area contributed by atoms with Crippen LogP contribution in [0.1, 0.15) is 58.6 Å². The molecule has 0 aliphatic heterocycles. The highest BCUT2D eigenvalue weighted by molar-refractivity contribution is 6.06. The maximum absolute atomic E-state index is 12.6. The standard InChI is InChI=1S/C18H26N4O4/c1-10-14(17(24)26-8-7-25-6)11(2)19-15(10)16(23)20-13-9-12(21-22-13)18(3,4)5/h9,19H,7-8H2,1-6H3,(H2,20,21,22,23). The molecule has 8 nitrogen and oxygen atoms in total. The molecule has 8 heteroatoms. The molecule has 0 saturated carbocycles. The first-order chi connectivity index (χ1) is 12.1. The van der Waals surface area contributed by atoms with Crippen molar-refractivity contribution in [2.24, 2.45) is 0 Å². The van der Waals surface area contributed by atoms with E-state index < -0.39 is 5.97 Å². The van der Waals surface area contributed by atoms with Crippen molar-refractivity contribution in [1.82, 2.24) is 15.2 Å². The second kappa shape index (κ2) is 7.74. The van der Waals surface area contributed by atoms with Crippen molar-refractivity contribution in [2.75, 3.05) is 25.6 Å². The number of nitrogens with one attached hydrogen (secondary N) is 3. The Labute approximate surface area is 152 Å². The first-order valence-electron chi connectivity index (χ1n) is 8.37. The molecule has 0 unspecified atom stereocenters. The van der Waals surface area contributed by atoms with E-state index >= 15 is 0 Å². The maximum Gasteiger partial charge on any atom is 0.340 e. The average Bonchev–Trinajstić information content (AvgIpc) is 3.12. The predicted octanol–water partition coefficient (Wildman–Crippen LogP) is 2.71. The van der Waals surface area contributed by atoms with E-state index in [2.05, 4.69) is 20.5 Å². The van der Waals surface area contributed by atoms with Gasteiger partial charge in [-0.05, 0) is 19.4 Å². The Balaban J connectivity index is 2.16. The normalized spacial score (nSPS) is 11.5. The van der Waals surface area contributed by atoms with Crippen LogP contribution in [0.5, 0.6) is 0 Å². The van der Waals surface area contributed by atoms with Crippen LogP contribution in [-0.4, -0.2) is 47.4 Å². The molecule has 0 saturated heterocycles. The summed E-state index contributed by atoms with van der Waals surface area (Å²) in [6, 6.07) is 1.79. The van der Waals surface area contributed by atoms with E-state index in [4.69, 9.17) is 9.47 Å². The summed E-state index contributed by atoms with van der Waals surface area (Å²) in [7, 11) is 1.53. The van der Waals surface area contributed by atoms with Crippen molar-refractivity contribution in [3.8, 4) is 0 Å². The summed E-state index contributed by atoms with van der Waals surface area (Å²) in [4.78, 5) is 27.8. The van der Waals surface area contributed by atoms with Gasteiger partial charge in [-0.25, -0.2) is 4.79 Å². The van der Waals surface area contributed by atoms with Crippen LogP contribution >= 0.6 is 0 Å². The highest BCUT2D eigenvalue weighted by Crippen LogP contribution is 2.23. The van der Waals surface area contributed by atoms with Crippen molar-refractivity contribution in [1.29, 1.82) is 0 Å². The van der Waals surface area contributed by atoms with Gasteiger partial charge in [-0.3, -0.25) is 9.89 Å². The topological polar surface area (TPSA) is 109 Å². The Kier molecular flexibility index (Phi) is 5.86. The minimum Gasteiger partial charge on any atom is -0.460 e. The highest BCUT2D eigenvalue weighted by Gasteiger charge is 2.24. The number of anilines is 1. The molecule has 142 valence electrons. The quantitative estimate of drug-likeness (QED) is 0.541. The van der Waals surface area contributed by atoms with Crippen LogP contribution in [0.25, 0.3) is 0 Å². The Morgan fingerprint density at radius 2 is 1.92 bits per heavy atom. The molecule has 0 spiro atoms. The van der Waals surface area contributed by atoms with Crippen LogP contribution in [0.2, 0.25) is 0 Å². The van der Waals surface area contributed by atoms with Gasteiger partial charge in [0.25, 0.3) is 5.91 Å². The van der Waals surface area contributed by atoms with E-state index in [1.165, 1.54) is 7.11 Å². The molecule has 2 rings (SSSR count). The lowest BCUT2D eigenvalue weighted by atomic mass is 9.92. The fraction of sp³-hybridized carbons (Fsp3) is 0.500. The molecule has 0 radical (unpaired) electrons. The molecule has 0 aromatic carbocycles. The number of ether oxygens (including phenoxy) is 2. The zero-order valence-electron chi connectivity index (χ0n) is 16.1. The third-order valence-electron chi connectivity index (χ3n) is 4.02. The smallest absolute Gasteiger partial charge is 0.340 e. The Morgan fingerprint density at radius 3 is 2.50 bits per heavy atom. The summed E-state index contributed by atoms with van der Waals surface area (Å²) in [6.07, 6.45) is 0. The van der Waals surface area contributed by atoms with Crippen molar-refractivity contribution in [3.05, 3.63) is 34.3 Å². The van der Waals surface area contributed by atoms with Gasteiger partial charge >= 0.3 is 5.97 Å². The number of H-pyrrole nitrogens is 2. The lowest BCUT2D eigenvalue weighted by Gasteiger charge is -2.14. The van der Waals surface area contributed by atoms with Gasteiger partial charge in [0.1, 0.15) is 12.3 Å². The van der Waals surface area contributed by atoms with Crippen LogP contribution in [0, 0.1) is 13.8 Å². The molecule has 1 amide bonds. The number of carbonyl (C=O) groups is 2. The van der Waals surface area contributed by atoms with Crippen molar-refractivity contribution in [3.63, 3.8) is 0 Å². The molecule has 2 aromatic heterocycles. The van der Waals surface area contributed by atoms with E-state index in [0.29, 0.717) is 34.9 Å². The van der Waals surface area contributed by atoms with Crippen LogP contribution < -0.4 is 5.32 Å². The summed E-state index contributed by atoms with van der Waals surface area (Å²) in [5.41, 5.74) is 2.59. The van der Waals surface area contributed by atoms with Gasteiger partial charge in [-0.15, -0.1) is 0 Å². The van der Waals surface area contributed by atoms with E-state index in [1.807, 2.05) is 20.8 Å². The number of esters is 1. The van der Waals surface area contributed by atoms with Gasteiger partial charge < -0.3 is 19.8 Å². The number of carbonyl (C=O) groups excluding carboxylic acids is 2. The number of aromatic amines is 2. The number of nitrogens with zero attached hydrogens (tertiary/aromatic N) is 1. The van der Waals surface area contributed by atoms with Crippen molar-refractivity contribution in [2.45, 2.75) is 40.0 Å². The van der Waals surface area contributed by atoms with Gasteiger partial charge in [-0.2, -0.15) is 5.10 Å². The summed E-state index contributed by atoms with van der Waals surface area (Å²) in [6.45, 7) is 10.0. The second-order valence-electron chi connectivity index (χ2n) is 7.12. The largest absolute Gasteiger partial charge is 0.460 e. The van der Waals surface area contributed by atoms with Gasteiger partial charge in [0, 0.05) is 30.0 Å². The summed E-state index contributed by atoms with van der Waals surface area (Å²) < 4.78 is 10.0. The van der Waals surface area contributed by atoms with Gasteiger partial charge in [-0.1, -0.05) is 20.8 Å². The molecule has 0 aliphatic carbocycles. The van der Waals surface area contributed by atoms with E-state index in [0.717, 1.165) is 5.69 Å². The fourth-order valence-electron chi connectivity index (χ4n) is 2.52. The molecular weight excluding hydrogens is 336 g/mol. The molecule has 2 heterocycles. The number of aryl methyl sites for hydroxylation is 1. The summed E-state index contributed by atoms with van der Waals surface area (Å²) in [5, 5.41) is 9.77. The predicted molar refractivity (Wildman–Crippen MR) is 97.7 cm³/mol. The van der Waals surface area contributed by atoms with Gasteiger partial charge in [0.05, 0.1) is 12.2 Å². The van der Waals surface area contributed by atoms with Gasteiger partial charge in [0.2, 0.25) is 0 Å². The number of hydrogen-bond acceptors (Lipinski definition) is 5. The highest BCUT2D eigenvalue weighted by atomic mass is 16.6. The van der Waals surface area contributed by atoms with Crippen molar-refractivity contribution >= 4 is 17.7 Å². The van der Waals surface area contributed by atoms with Crippen LogP contribution in [-0.2, 0) is 14.9 Å². The molecule has 0 bridgehead atoms. The zero-order chi connectivity index (χ0) is 19.5. The minimum absolute atomic E-state index is 0.103. The molecule has 26 heavy (non-hydrogen) atoms. The molecule has 2 aromatic rings. The maximum atomic E-state index is 12.6. The second-order valence-corrected chi connectivity index (χ2v) is 7.12. The summed E-state index contributed by atoms with van der Waals surface area (Å²) >= 11 is 0. The number of rotatable bonds is 6. The molecule has 0 aliphatic rings. The summed E-state index contributed by atoms with van der Waals surface area (Å²) in [5.74, 6) is -0.425. The third-order valence-corrected chi connectivity index (χ3v) is 4.02. The lowest BCUT2D eigenvalue weighted by Crippen LogP contribution is -2.15. The van der Waals surface area contributed by atoms with Crippen LogP contribution in [0.15, 0.2) is 6.07 Å². The first-order valence-corrected chi connectivity index (χ1v) is 8.37. The molecule has 3 N–H and O–H groups in total. The molecule has 0 atom stereocenters. The molecular formula is C18H26N4O4. The van der Waals surface area contributed by atoms with Crippen LogP contribution in [0.4, 0.5) is 5.82 Å². The number of amides is 1. The Hall–Kier alpha value is -2.61. The number of hydrogen-bond donors (Lipinski definition) is 3. The van der Waals surface area contributed by atoms with E-state index in [-0.39, 0.29) is 17.9 Å². The first kappa shape index (κ1) is 19.7. The lowest BCUT2D eigenvalue weighted by molar-refractivity contribution is 0.0387. The Morgan fingerprint density at radius 1 is 1.23 bits per heavy atom.